The maximum absolute atomic E-state index is 11.7. The van der Waals surface area contributed by atoms with E-state index in [2.05, 4.69) is 11.4 Å². The fourth-order valence-electron chi connectivity index (χ4n) is 3.08. The third-order valence-corrected chi connectivity index (χ3v) is 5.79. The van der Waals surface area contributed by atoms with E-state index >= 15 is 0 Å². The van der Waals surface area contributed by atoms with Gasteiger partial charge in [-0.25, -0.2) is 4.79 Å². The van der Waals surface area contributed by atoms with Crippen LogP contribution in [0.3, 0.4) is 0 Å². The number of nitrogens with two attached hydrogens (primary N) is 1. The van der Waals surface area contributed by atoms with Gasteiger partial charge in [-0.05, 0) is 53.9 Å². The molecule has 1 unspecified atom stereocenters. The fraction of sp³-hybridized carbons (Fsp3) is 0.227. The van der Waals surface area contributed by atoms with Gasteiger partial charge < -0.3 is 10.5 Å². The van der Waals surface area contributed by atoms with Crippen molar-refractivity contribution < 1.29 is 19.1 Å². The number of benzene rings is 2. The van der Waals surface area contributed by atoms with E-state index in [0.29, 0.717) is 4.91 Å². The van der Waals surface area contributed by atoms with Gasteiger partial charge in [0, 0.05) is 5.92 Å². The second-order valence-electron chi connectivity index (χ2n) is 7.35. The van der Waals surface area contributed by atoms with Gasteiger partial charge in [0.1, 0.15) is 5.60 Å². The second kappa shape index (κ2) is 8.13. The minimum Gasteiger partial charge on any atom is -0.443 e. The van der Waals surface area contributed by atoms with Gasteiger partial charge in [0.05, 0.1) is 4.91 Å². The monoisotopic (exact) mass is 410 g/mol. The zero-order valence-electron chi connectivity index (χ0n) is 16.4. The highest BCUT2D eigenvalue weighted by Crippen LogP contribution is 2.33. The molecular formula is C22H22N2O4S. The number of nitrogens with one attached hydrogen (secondary N) is 1. The molecule has 0 aliphatic carbocycles. The summed E-state index contributed by atoms with van der Waals surface area (Å²) < 4.78 is 5.27. The molecule has 7 heteroatoms. The van der Waals surface area contributed by atoms with Crippen LogP contribution >= 0.6 is 11.8 Å². The largest absolute Gasteiger partial charge is 0.443 e. The molecule has 1 atom stereocenters. The Morgan fingerprint density at radius 2 is 1.83 bits per heavy atom. The van der Waals surface area contributed by atoms with Gasteiger partial charge in [0.15, 0.2) is 0 Å². The van der Waals surface area contributed by atoms with Crippen molar-refractivity contribution in [1.29, 1.82) is 0 Å². The quantitative estimate of drug-likeness (QED) is 0.699. The Kier molecular flexibility index (Phi) is 5.79. The van der Waals surface area contributed by atoms with Crippen molar-refractivity contribution in [2.75, 3.05) is 0 Å². The lowest BCUT2D eigenvalue weighted by Gasteiger charge is -2.31. The zero-order chi connectivity index (χ0) is 21.2. The molecule has 0 aromatic heterocycles. The van der Waals surface area contributed by atoms with Gasteiger partial charge in [0.25, 0.3) is 11.1 Å². The molecule has 1 aliphatic rings. The molecule has 1 aliphatic heterocycles. The first-order valence-corrected chi connectivity index (χ1v) is 9.91. The number of imide groups is 1. The molecule has 29 heavy (non-hydrogen) atoms. The van der Waals surface area contributed by atoms with Crippen LogP contribution in [-0.4, -0.2) is 22.8 Å². The zero-order valence-corrected chi connectivity index (χ0v) is 17.2. The normalized spacial score (nSPS) is 16.6. The Balaban J connectivity index is 1.82. The smallest absolute Gasteiger partial charge is 0.405 e. The average molecular weight is 410 g/mol. The van der Waals surface area contributed by atoms with Crippen molar-refractivity contribution in [3.05, 3.63) is 64.6 Å². The number of ether oxygens (including phenoxy) is 1. The first-order valence-electron chi connectivity index (χ1n) is 9.09. The van der Waals surface area contributed by atoms with E-state index in [1.165, 1.54) is 0 Å². The summed E-state index contributed by atoms with van der Waals surface area (Å²) in [6.07, 6.45) is 0.898. The molecule has 0 radical (unpaired) electrons. The predicted octanol–water partition coefficient (Wildman–Crippen LogP) is 4.65. The van der Waals surface area contributed by atoms with Crippen molar-refractivity contribution in [3.63, 3.8) is 0 Å². The highest BCUT2D eigenvalue weighted by molar-refractivity contribution is 8.18. The first kappa shape index (κ1) is 20.7. The number of hydrogen-bond acceptors (Lipinski definition) is 5. The van der Waals surface area contributed by atoms with Gasteiger partial charge in [-0.15, -0.1) is 0 Å². The molecule has 3 N–H and O–H groups in total. The lowest BCUT2D eigenvalue weighted by Crippen LogP contribution is -2.36. The number of rotatable bonds is 5. The minimum atomic E-state index is -0.793. The lowest BCUT2D eigenvalue weighted by atomic mass is 9.85. The van der Waals surface area contributed by atoms with Crippen molar-refractivity contribution in [2.45, 2.75) is 32.3 Å². The molecule has 6 nitrogen and oxygen atoms in total. The SMILES string of the molecule is CC(c1cccc(-c2ccc(C=C3SC(=O)NC3=O)cc2)c1)C(C)(C)OC(N)=O. The Morgan fingerprint density at radius 3 is 2.41 bits per heavy atom. The Hall–Kier alpha value is -3.06. The van der Waals surface area contributed by atoms with Crippen LogP contribution in [0, 0.1) is 0 Å². The predicted molar refractivity (Wildman–Crippen MR) is 114 cm³/mol. The first-order chi connectivity index (χ1) is 13.7. The Morgan fingerprint density at radius 1 is 1.14 bits per heavy atom. The topological polar surface area (TPSA) is 98.5 Å². The molecule has 0 saturated carbocycles. The molecule has 3 rings (SSSR count). The van der Waals surface area contributed by atoms with Crippen molar-refractivity contribution in [1.82, 2.24) is 5.32 Å². The van der Waals surface area contributed by atoms with Crippen LogP contribution in [0.25, 0.3) is 17.2 Å². The van der Waals surface area contributed by atoms with Gasteiger partial charge in [0.2, 0.25) is 0 Å². The Labute approximate surface area is 173 Å². The third kappa shape index (κ3) is 4.86. The van der Waals surface area contributed by atoms with Crippen molar-refractivity contribution >= 4 is 35.1 Å². The minimum absolute atomic E-state index is 0.0607. The maximum Gasteiger partial charge on any atom is 0.405 e. The maximum atomic E-state index is 11.7. The third-order valence-electron chi connectivity index (χ3n) is 4.98. The van der Waals surface area contributed by atoms with E-state index in [4.69, 9.17) is 10.5 Å². The number of amides is 3. The van der Waals surface area contributed by atoms with E-state index < -0.39 is 11.7 Å². The van der Waals surface area contributed by atoms with Crippen LogP contribution < -0.4 is 11.1 Å². The van der Waals surface area contributed by atoms with Crippen LogP contribution in [-0.2, 0) is 9.53 Å². The molecule has 3 amide bonds. The molecular weight excluding hydrogens is 388 g/mol. The summed E-state index contributed by atoms with van der Waals surface area (Å²) in [5, 5.41) is 1.89. The van der Waals surface area contributed by atoms with Crippen LogP contribution in [0.2, 0.25) is 0 Å². The molecule has 1 fully saturated rings. The number of carbonyl (C=O) groups is 3. The summed E-state index contributed by atoms with van der Waals surface area (Å²) in [5.41, 5.74) is 8.34. The van der Waals surface area contributed by atoms with Gasteiger partial charge in [-0.1, -0.05) is 55.5 Å². The molecule has 0 bridgehead atoms. The van der Waals surface area contributed by atoms with E-state index in [-0.39, 0.29) is 17.1 Å². The molecule has 1 saturated heterocycles. The summed E-state index contributed by atoms with van der Waals surface area (Å²) in [5.74, 6) is -0.430. The second-order valence-corrected chi connectivity index (χ2v) is 8.36. The highest BCUT2D eigenvalue weighted by atomic mass is 32.2. The van der Waals surface area contributed by atoms with E-state index in [9.17, 15) is 14.4 Å². The average Bonchev–Trinajstić information content (AvgIpc) is 2.97. The van der Waals surface area contributed by atoms with Crippen LogP contribution in [0.1, 0.15) is 37.8 Å². The molecule has 150 valence electrons. The number of thioether (sulfide) groups is 1. The number of carbonyl (C=O) groups excluding carboxylic acids is 3. The molecule has 1 heterocycles. The van der Waals surface area contributed by atoms with Gasteiger partial charge in [-0.2, -0.15) is 0 Å². The van der Waals surface area contributed by atoms with E-state index in [0.717, 1.165) is 34.0 Å². The summed E-state index contributed by atoms with van der Waals surface area (Å²) in [6.45, 7) is 5.65. The van der Waals surface area contributed by atoms with Crippen molar-refractivity contribution in [3.8, 4) is 11.1 Å². The number of primary amides is 1. The molecule has 2 aromatic carbocycles. The standard InChI is InChI=1S/C22H22N2O4S/c1-13(22(2,3)28-20(23)26)16-5-4-6-17(12-16)15-9-7-14(8-10-15)11-18-19(25)24-21(27)29-18/h4-13H,1-3H3,(H2,23,26)(H,24,25,27). The summed E-state index contributed by atoms with van der Waals surface area (Å²) >= 11 is 0.897. The van der Waals surface area contributed by atoms with Crippen molar-refractivity contribution in [2.24, 2.45) is 5.73 Å². The highest BCUT2D eigenvalue weighted by Gasteiger charge is 2.30. The summed E-state index contributed by atoms with van der Waals surface area (Å²) in [4.78, 5) is 34.5. The van der Waals surface area contributed by atoms with Gasteiger partial charge >= 0.3 is 6.09 Å². The molecule has 0 spiro atoms. The summed E-state index contributed by atoms with van der Waals surface area (Å²) in [6, 6.07) is 15.7. The summed E-state index contributed by atoms with van der Waals surface area (Å²) in [7, 11) is 0. The van der Waals surface area contributed by atoms with E-state index in [1.54, 1.807) is 6.08 Å². The number of hydrogen-bond donors (Lipinski definition) is 2. The molecule has 2 aromatic rings. The van der Waals surface area contributed by atoms with Crippen LogP contribution in [0.5, 0.6) is 0 Å². The van der Waals surface area contributed by atoms with Crippen LogP contribution in [0.4, 0.5) is 9.59 Å². The van der Waals surface area contributed by atoms with Crippen LogP contribution in [0.15, 0.2) is 53.4 Å². The van der Waals surface area contributed by atoms with E-state index in [1.807, 2.05) is 63.2 Å². The van der Waals surface area contributed by atoms with Gasteiger partial charge in [-0.3, -0.25) is 14.9 Å². The Bertz CT molecular complexity index is 996. The lowest BCUT2D eigenvalue weighted by molar-refractivity contribution is -0.115. The fourth-order valence-corrected chi connectivity index (χ4v) is 3.76.